The molecule has 3 amide bonds. The van der Waals surface area contributed by atoms with Gasteiger partial charge in [-0.2, -0.15) is 8.78 Å². The first-order valence-corrected chi connectivity index (χ1v) is 5.52. The molecular weight excluding hydrogens is 272 g/mol. The highest BCUT2D eigenvalue weighted by Crippen LogP contribution is 2.15. The number of hydrogen-bond donors (Lipinski definition) is 3. The van der Waals surface area contributed by atoms with E-state index in [1.807, 2.05) is 0 Å². The lowest BCUT2D eigenvalue weighted by molar-refractivity contribution is -0.117. The summed E-state index contributed by atoms with van der Waals surface area (Å²) in [4.78, 5) is 22.1. The van der Waals surface area contributed by atoms with Gasteiger partial charge in [-0.1, -0.05) is 12.1 Å². The van der Waals surface area contributed by atoms with Crippen LogP contribution in [0.15, 0.2) is 30.3 Å². The molecule has 0 aliphatic rings. The van der Waals surface area contributed by atoms with Crippen LogP contribution in [0.4, 0.5) is 13.6 Å². The summed E-state index contributed by atoms with van der Waals surface area (Å²) in [6.07, 6.45) is 2.63. The lowest BCUT2D eigenvalue weighted by atomic mass is 10.2. The molecule has 0 atom stereocenters. The Labute approximate surface area is 113 Å². The lowest BCUT2D eigenvalue weighted by Gasteiger charge is -2.04. The van der Waals surface area contributed by atoms with Gasteiger partial charge in [-0.3, -0.25) is 10.2 Å². The van der Waals surface area contributed by atoms with Gasteiger partial charge in [0.2, 0.25) is 0 Å². The highest BCUT2D eigenvalue weighted by atomic mass is 19.3. The van der Waals surface area contributed by atoms with E-state index < -0.39 is 18.5 Å². The van der Waals surface area contributed by atoms with Crippen molar-refractivity contribution in [1.82, 2.24) is 16.2 Å². The molecule has 0 aliphatic heterocycles. The summed E-state index contributed by atoms with van der Waals surface area (Å²) in [5.41, 5.74) is 4.84. The van der Waals surface area contributed by atoms with Crippen molar-refractivity contribution in [2.75, 3.05) is 7.05 Å². The quantitative estimate of drug-likeness (QED) is 0.575. The Morgan fingerprint density at radius 3 is 2.40 bits per heavy atom. The second kappa shape index (κ2) is 7.72. The van der Waals surface area contributed by atoms with Gasteiger partial charge in [0.1, 0.15) is 5.75 Å². The smallest absolute Gasteiger partial charge is 0.387 e. The average Bonchev–Trinajstić information content (AvgIpc) is 2.43. The number of nitrogens with one attached hydrogen (secondary N) is 3. The highest BCUT2D eigenvalue weighted by Gasteiger charge is 2.03. The van der Waals surface area contributed by atoms with E-state index in [0.29, 0.717) is 5.56 Å². The first-order valence-electron chi connectivity index (χ1n) is 5.52. The van der Waals surface area contributed by atoms with E-state index in [0.717, 1.165) is 0 Å². The molecule has 0 saturated carbocycles. The van der Waals surface area contributed by atoms with Gasteiger partial charge < -0.3 is 10.1 Å². The molecule has 1 aromatic carbocycles. The van der Waals surface area contributed by atoms with Crippen LogP contribution >= 0.6 is 0 Å². The highest BCUT2D eigenvalue weighted by molar-refractivity contribution is 5.92. The van der Waals surface area contributed by atoms with E-state index in [2.05, 4.69) is 20.9 Å². The number of halogens is 2. The SMILES string of the molecule is CNC(=O)NNC(=O)/C=C/c1ccc(OC(F)F)cc1. The van der Waals surface area contributed by atoms with Crippen molar-refractivity contribution in [1.29, 1.82) is 0 Å². The van der Waals surface area contributed by atoms with Crippen molar-refractivity contribution in [2.24, 2.45) is 0 Å². The van der Waals surface area contributed by atoms with Crippen LogP contribution in [-0.4, -0.2) is 25.6 Å². The predicted molar refractivity (Wildman–Crippen MR) is 67.8 cm³/mol. The Bertz CT molecular complexity index is 489. The average molecular weight is 285 g/mol. The zero-order valence-corrected chi connectivity index (χ0v) is 10.5. The van der Waals surface area contributed by atoms with Gasteiger partial charge in [0.25, 0.3) is 5.91 Å². The molecule has 0 radical (unpaired) electrons. The molecule has 0 bridgehead atoms. The number of carbonyl (C=O) groups is 2. The number of ether oxygens (including phenoxy) is 1. The molecule has 108 valence electrons. The number of benzene rings is 1. The van der Waals surface area contributed by atoms with Crippen LogP contribution in [0.1, 0.15) is 5.56 Å². The zero-order valence-electron chi connectivity index (χ0n) is 10.5. The van der Waals surface area contributed by atoms with Crippen molar-refractivity contribution < 1.29 is 23.1 Å². The van der Waals surface area contributed by atoms with Crippen molar-refractivity contribution in [3.63, 3.8) is 0 Å². The molecule has 6 nitrogen and oxygen atoms in total. The van der Waals surface area contributed by atoms with Gasteiger partial charge in [0.15, 0.2) is 0 Å². The minimum atomic E-state index is -2.88. The fraction of sp³-hybridized carbons (Fsp3) is 0.167. The maximum atomic E-state index is 11.9. The summed E-state index contributed by atoms with van der Waals surface area (Å²) in [5.74, 6) is -0.510. The predicted octanol–water partition coefficient (Wildman–Crippen LogP) is 1.26. The van der Waals surface area contributed by atoms with E-state index in [1.54, 1.807) is 0 Å². The van der Waals surface area contributed by atoms with Crippen LogP contribution in [0, 0.1) is 0 Å². The van der Waals surface area contributed by atoms with Gasteiger partial charge in [-0.15, -0.1) is 0 Å². The molecule has 8 heteroatoms. The minimum Gasteiger partial charge on any atom is -0.435 e. The summed E-state index contributed by atoms with van der Waals surface area (Å²) >= 11 is 0. The molecule has 20 heavy (non-hydrogen) atoms. The molecule has 3 N–H and O–H groups in total. The standard InChI is InChI=1S/C12H13F2N3O3/c1-15-12(19)17-16-10(18)7-4-8-2-5-9(6-3-8)20-11(13)14/h2-7,11H,1H3,(H,16,18)(H2,15,17,19)/b7-4+. The van der Waals surface area contributed by atoms with Gasteiger partial charge in [-0.05, 0) is 23.8 Å². The number of carbonyl (C=O) groups excluding carboxylic acids is 2. The summed E-state index contributed by atoms with van der Waals surface area (Å²) in [7, 11) is 1.40. The second-order valence-corrected chi connectivity index (χ2v) is 3.47. The number of amides is 3. The molecule has 0 aliphatic carbocycles. The van der Waals surface area contributed by atoms with Crippen LogP contribution in [0.3, 0.4) is 0 Å². The lowest BCUT2D eigenvalue weighted by Crippen LogP contribution is -2.45. The first-order chi connectivity index (χ1) is 9.51. The fourth-order valence-corrected chi connectivity index (χ4v) is 1.15. The molecule has 0 fully saturated rings. The Balaban J connectivity index is 2.49. The number of alkyl halides is 2. The van der Waals surface area contributed by atoms with Crippen LogP contribution < -0.4 is 20.9 Å². The van der Waals surface area contributed by atoms with Crippen molar-refractivity contribution in [2.45, 2.75) is 6.61 Å². The van der Waals surface area contributed by atoms with E-state index in [4.69, 9.17) is 0 Å². The monoisotopic (exact) mass is 285 g/mol. The van der Waals surface area contributed by atoms with E-state index in [1.165, 1.54) is 43.5 Å². The van der Waals surface area contributed by atoms with Crippen molar-refractivity contribution in [3.05, 3.63) is 35.9 Å². The number of urea groups is 1. The number of hydrogen-bond acceptors (Lipinski definition) is 3. The third-order valence-electron chi connectivity index (χ3n) is 2.06. The maximum Gasteiger partial charge on any atom is 0.387 e. The third-order valence-corrected chi connectivity index (χ3v) is 2.06. The Morgan fingerprint density at radius 2 is 1.85 bits per heavy atom. The van der Waals surface area contributed by atoms with Crippen LogP contribution in [-0.2, 0) is 4.79 Å². The maximum absolute atomic E-state index is 11.9. The molecular formula is C12H13F2N3O3. The Morgan fingerprint density at radius 1 is 1.20 bits per heavy atom. The molecule has 0 aromatic heterocycles. The van der Waals surface area contributed by atoms with Crippen molar-refractivity contribution in [3.8, 4) is 5.75 Å². The normalized spacial score (nSPS) is 10.4. The fourth-order valence-electron chi connectivity index (χ4n) is 1.15. The topological polar surface area (TPSA) is 79.5 Å². The number of rotatable bonds is 4. The largest absolute Gasteiger partial charge is 0.435 e. The zero-order chi connectivity index (χ0) is 15.0. The Kier molecular flexibility index (Phi) is 5.95. The molecule has 0 unspecified atom stereocenters. The minimum absolute atomic E-state index is 0.0304. The molecule has 0 saturated heterocycles. The summed E-state index contributed by atoms with van der Waals surface area (Å²) in [6, 6.07) is 5.17. The van der Waals surface area contributed by atoms with Crippen molar-refractivity contribution >= 4 is 18.0 Å². The van der Waals surface area contributed by atoms with E-state index >= 15 is 0 Å². The summed E-state index contributed by atoms with van der Waals surface area (Å²) in [6.45, 7) is -2.88. The van der Waals surface area contributed by atoms with Crippen LogP contribution in [0.2, 0.25) is 0 Å². The van der Waals surface area contributed by atoms with Gasteiger partial charge in [0.05, 0.1) is 0 Å². The molecule has 0 spiro atoms. The first kappa shape index (κ1) is 15.4. The molecule has 1 rings (SSSR count). The third kappa shape index (κ3) is 5.80. The Hall–Kier alpha value is -2.64. The van der Waals surface area contributed by atoms with Crippen LogP contribution in [0.25, 0.3) is 6.08 Å². The summed E-state index contributed by atoms with van der Waals surface area (Å²) in [5, 5.41) is 2.25. The number of hydrazine groups is 1. The second-order valence-electron chi connectivity index (χ2n) is 3.47. The van der Waals surface area contributed by atoms with E-state index in [9.17, 15) is 18.4 Å². The van der Waals surface area contributed by atoms with Crippen LogP contribution in [0.5, 0.6) is 5.75 Å². The molecule has 0 heterocycles. The van der Waals surface area contributed by atoms with Gasteiger partial charge >= 0.3 is 12.6 Å². The van der Waals surface area contributed by atoms with Gasteiger partial charge in [-0.25, -0.2) is 10.2 Å². The molecule has 1 aromatic rings. The van der Waals surface area contributed by atoms with Gasteiger partial charge in [0, 0.05) is 13.1 Å². The van der Waals surface area contributed by atoms with E-state index in [-0.39, 0.29) is 5.75 Å². The summed E-state index contributed by atoms with van der Waals surface area (Å²) < 4.78 is 28.0.